The zero-order valence-electron chi connectivity index (χ0n) is 18.9. The highest BCUT2D eigenvalue weighted by atomic mass is 19.1. The van der Waals surface area contributed by atoms with Crippen LogP contribution in [0.5, 0.6) is 11.5 Å². The van der Waals surface area contributed by atoms with E-state index in [-0.39, 0.29) is 30.0 Å². The number of methoxy groups -OCH3 is 2. The summed E-state index contributed by atoms with van der Waals surface area (Å²) >= 11 is 0. The second-order valence-corrected chi connectivity index (χ2v) is 8.22. The highest BCUT2D eigenvalue weighted by Gasteiger charge is 2.34. The van der Waals surface area contributed by atoms with E-state index in [1.54, 1.807) is 26.4 Å². The van der Waals surface area contributed by atoms with Crippen molar-refractivity contribution in [2.24, 2.45) is 0 Å². The van der Waals surface area contributed by atoms with Gasteiger partial charge in [0.25, 0.3) is 0 Å². The van der Waals surface area contributed by atoms with Gasteiger partial charge in [-0.3, -0.25) is 4.90 Å². The van der Waals surface area contributed by atoms with Gasteiger partial charge in [0, 0.05) is 30.7 Å². The summed E-state index contributed by atoms with van der Waals surface area (Å²) in [6, 6.07) is 10.2. The maximum Gasteiger partial charge on any atom is 0.315 e. The summed E-state index contributed by atoms with van der Waals surface area (Å²) in [5.41, 5.74) is 2.83. The quantitative estimate of drug-likeness (QED) is 0.697. The first-order valence-corrected chi connectivity index (χ1v) is 10.6. The summed E-state index contributed by atoms with van der Waals surface area (Å²) < 4.78 is 25.4. The van der Waals surface area contributed by atoms with Crippen LogP contribution < -0.4 is 20.1 Å². The van der Waals surface area contributed by atoms with Crippen molar-refractivity contribution in [3.05, 3.63) is 58.9 Å². The number of fused-ring (bicyclic) bond motifs is 1. The Labute approximate surface area is 183 Å². The first kappa shape index (κ1) is 22.9. The SMILES string of the molecule is COc1cc2c(cc1OC)[C@@H]([C@H](C)NC(=O)NC(C)C)N(Cc1ccccc1F)CC2. The molecule has 6 nitrogen and oxygen atoms in total. The molecule has 1 aliphatic heterocycles. The molecule has 0 unspecified atom stereocenters. The van der Waals surface area contributed by atoms with Crippen LogP contribution in [0.15, 0.2) is 36.4 Å². The van der Waals surface area contributed by atoms with E-state index < -0.39 is 0 Å². The molecule has 1 aliphatic rings. The molecule has 3 rings (SSSR count). The van der Waals surface area contributed by atoms with E-state index in [9.17, 15) is 9.18 Å². The highest BCUT2D eigenvalue weighted by molar-refractivity contribution is 5.74. The lowest BCUT2D eigenvalue weighted by Gasteiger charge is -2.41. The number of halogens is 1. The molecule has 31 heavy (non-hydrogen) atoms. The van der Waals surface area contributed by atoms with Crippen LogP contribution >= 0.6 is 0 Å². The molecule has 0 aromatic heterocycles. The first-order valence-electron chi connectivity index (χ1n) is 10.6. The molecule has 0 spiro atoms. The minimum absolute atomic E-state index is 0.0321. The number of hydrogen-bond acceptors (Lipinski definition) is 4. The standard InChI is InChI=1S/C24H32FN3O3/c1-15(2)26-24(29)27-16(3)23-19-13-22(31-5)21(30-4)12-17(19)10-11-28(23)14-18-8-6-7-9-20(18)25/h6-9,12-13,15-16,23H,10-11,14H2,1-5H3,(H2,26,27,29)/t16-,23+/m0/s1. The molecule has 2 amide bonds. The lowest BCUT2D eigenvalue weighted by molar-refractivity contribution is 0.141. The minimum atomic E-state index is -0.225. The lowest BCUT2D eigenvalue weighted by Crippen LogP contribution is -2.50. The predicted octanol–water partition coefficient (Wildman–Crippen LogP) is 4.04. The van der Waals surface area contributed by atoms with Crippen LogP contribution in [-0.4, -0.2) is 43.8 Å². The van der Waals surface area contributed by atoms with E-state index >= 15 is 0 Å². The van der Waals surface area contributed by atoms with Crippen LogP contribution in [0.3, 0.4) is 0 Å². The third-order valence-electron chi connectivity index (χ3n) is 5.61. The zero-order valence-corrected chi connectivity index (χ0v) is 18.9. The molecule has 0 fully saturated rings. The minimum Gasteiger partial charge on any atom is -0.493 e. The summed E-state index contributed by atoms with van der Waals surface area (Å²) in [5, 5.41) is 5.94. The van der Waals surface area contributed by atoms with Gasteiger partial charge in [0.2, 0.25) is 0 Å². The smallest absolute Gasteiger partial charge is 0.315 e. The van der Waals surface area contributed by atoms with Crippen molar-refractivity contribution in [1.29, 1.82) is 0 Å². The summed E-state index contributed by atoms with van der Waals surface area (Å²) in [6.07, 6.45) is 0.797. The van der Waals surface area contributed by atoms with Gasteiger partial charge in [0.1, 0.15) is 5.82 Å². The van der Waals surface area contributed by atoms with E-state index in [1.165, 1.54) is 6.07 Å². The molecular weight excluding hydrogens is 397 g/mol. The molecule has 0 aliphatic carbocycles. The number of carbonyl (C=O) groups is 1. The average Bonchev–Trinajstić information content (AvgIpc) is 2.73. The summed E-state index contributed by atoms with van der Waals surface area (Å²) in [5.74, 6) is 1.09. The number of hydrogen-bond donors (Lipinski definition) is 2. The van der Waals surface area contributed by atoms with Crippen molar-refractivity contribution < 1.29 is 18.7 Å². The number of nitrogens with one attached hydrogen (secondary N) is 2. The second kappa shape index (κ2) is 10.0. The number of rotatable bonds is 7. The number of ether oxygens (including phenoxy) is 2. The summed E-state index contributed by atoms with van der Waals surface area (Å²) in [6.45, 7) is 7.00. The molecule has 2 N–H and O–H groups in total. The van der Waals surface area contributed by atoms with Crippen LogP contribution in [-0.2, 0) is 13.0 Å². The fraction of sp³-hybridized carbons (Fsp3) is 0.458. The van der Waals surface area contributed by atoms with Crippen molar-refractivity contribution in [3.63, 3.8) is 0 Å². The molecule has 0 saturated heterocycles. The van der Waals surface area contributed by atoms with Gasteiger partial charge in [-0.05, 0) is 56.5 Å². The van der Waals surface area contributed by atoms with Crippen LogP contribution in [0.25, 0.3) is 0 Å². The van der Waals surface area contributed by atoms with Gasteiger partial charge in [-0.1, -0.05) is 18.2 Å². The molecule has 0 saturated carbocycles. The number of nitrogens with zero attached hydrogens (tertiary/aromatic N) is 1. The Morgan fingerprint density at radius 3 is 2.45 bits per heavy atom. The Kier molecular flexibility index (Phi) is 7.38. The fourth-order valence-corrected chi connectivity index (χ4v) is 4.23. The van der Waals surface area contributed by atoms with Gasteiger partial charge in [-0.2, -0.15) is 0 Å². The van der Waals surface area contributed by atoms with Gasteiger partial charge in [0.05, 0.1) is 20.3 Å². The molecule has 168 valence electrons. The zero-order chi connectivity index (χ0) is 22.5. The van der Waals surface area contributed by atoms with Crippen molar-refractivity contribution in [1.82, 2.24) is 15.5 Å². The molecule has 7 heteroatoms. The van der Waals surface area contributed by atoms with E-state index in [0.717, 1.165) is 24.1 Å². The molecule has 2 aromatic rings. The Balaban J connectivity index is 1.97. The van der Waals surface area contributed by atoms with Gasteiger partial charge in [-0.25, -0.2) is 9.18 Å². The van der Waals surface area contributed by atoms with Crippen LogP contribution in [0, 0.1) is 5.82 Å². The molecule has 2 atom stereocenters. The number of carbonyl (C=O) groups excluding carboxylic acids is 1. The van der Waals surface area contributed by atoms with E-state index in [0.29, 0.717) is 23.6 Å². The summed E-state index contributed by atoms with van der Waals surface area (Å²) in [4.78, 5) is 14.6. The second-order valence-electron chi connectivity index (χ2n) is 8.22. The van der Waals surface area contributed by atoms with Crippen LogP contribution in [0.4, 0.5) is 9.18 Å². The predicted molar refractivity (Wildman–Crippen MR) is 119 cm³/mol. The van der Waals surface area contributed by atoms with E-state index in [4.69, 9.17) is 9.47 Å². The van der Waals surface area contributed by atoms with Gasteiger partial charge >= 0.3 is 6.03 Å². The Morgan fingerprint density at radius 2 is 1.81 bits per heavy atom. The maximum absolute atomic E-state index is 14.4. The van der Waals surface area contributed by atoms with Crippen molar-refractivity contribution in [3.8, 4) is 11.5 Å². The van der Waals surface area contributed by atoms with Crippen molar-refractivity contribution in [2.75, 3.05) is 20.8 Å². The number of urea groups is 1. The normalized spacial score (nSPS) is 17.1. The maximum atomic E-state index is 14.4. The Hall–Kier alpha value is -2.80. The Morgan fingerprint density at radius 1 is 1.13 bits per heavy atom. The first-order chi connectivity index (χ1) is 14.8. The lowest BCUT2D eigenvalue weighted by atomic mass is 9.87. The van der Waals surface area contributed by atoms with Crippen molar-refractivity contribution >= 4 is 6.03 Å². The topological polar surface area (TPSA) is 62.8 Å². The average molecular weight is 430 g/mol. The van der Waals surface area contributed by atoms with Gasteiger partial charge < -0.3 is 20.1 Å². The highest BCUT2D eigenvalue weighted by Crippen LogP contribution is 2.40. The number of amides is 2. The van der Waals surface area contributed by atoms with E-state index in [1.807, 2.05) is 39.0 Å². The van der Waals surface area contributed by atoms with Crippen LogP contribution in [0.2, 0.25) is 0 Å². The molecular formula is C24H32FN3O3. The van der Waals surface area contributed by atoms with Gasteiger partial charge in [0.15, 0.2) is 11.5 Å². The molecule has 0 radical (unpaired) electrons. The fourth-order valence-electron chi connectivity index (χ4n) is 4.23. The summed E-state index contributed by atoms with van der Waals surface area (Å²) in [7, 11) is 3.23. The number of benzene rings is 2. The molecule has 1 heterocycles. The third-order valence-corrected chi connectivity index (χ3v) is 5.61. The largest absolute Gasteiger partial charge is 0.493 e. The third kappa shape index (κ3) is 5.28. The molecule has 0 bridgehead atoms. The van der Waals surface area contributed by atoms with Gasteiger partial charge in [-0.15, -0.1) is 0 Å². The monoisotopic (exact) mass is 429 g/mol. The van der Waals surface area contributed by atoms with E-state index in [2.05, 4.69) is 15.5 Å². The van der Waals surface area contributed by atoms with Crippen LogP contribution in [0.1, 0.15) is 43.5 Å². The Bertz CT molecular complexity index is 919. The molecule has 2 aromatic carbocycles. The van der Waals surface area contributed by atoms with Crippen molar-refractivity contribution in [2.45, 2.75) is 51.9 Å².